The molecule has 5 heteroatoms. The Labute approximate surface area is 149 Å². The molecule has 0 N–H and O–H groups in total. The fraction of sp³-hybridized carbons (Fsp3) is 0.500. The van der Waals surface area contributed by atoms with Gasteiger partial charge in [0.2, 0.25) is 0 Å². The van der Waals surface area contributed by atoms with Crippen LogP contribution in [-0.2, 0) is 19.1 Å². The number of carbonyl (C=O) groups is 2. The molecule has 2 atom stereocenters. The van der Waals surface area contributed by atoms with Crippen LogP contribution in [0.3, 0.4) is 0 Å². The molecule has 0 amide bonds. The summed E-state index contributed by atoms with van der Waals surface area (Å²) in [6.45, 7) is 2.85. The molecular weight excluding hydrogens is 318 g/mol. The summed E-state index contributed by atoms with van der Waals surface area (Å²) < 4.78 is 10.1. The molecule has 0 saturated carbocycles. The molecule has 0 aliphatic carbocycles. The van der Waals surface area contributed by atoms with Crippen molar-refractivity contribution in [2.24, 2.45) is 0 Å². The molecule has 1 saturated heterocycles. The standard InChI is InChI=1S/C20H27NO4/c1-3-25-20(23)18(21-15-9-14-17(21)19(22)24-2)13-8-7-12-16-10-5-4-6-11-16/h4-7,10-12,17-18H,3,8-9,13-15H2,1-2H3/b12-7+. The van der Waals surface area contributed by atoms with Crippen LogP contribution in [0.5, 0.6) is 0 Å². The van der Waals surface area contributed by atoms with E-state index in [0.717, 1.165) is 24.8 Å². The molecule has 2 rings (SSSR count). The highest BCUT2D eigenvalue weighted by Crippen LogP contribution is 2.24. The van der Waals surface area contributed by atoms with Gasteiger partial charge in [-0.05, 0) is 44.7 Å². The first kappa shape index (κ1) is 19.2. The summed E-state index contributed by atoms with van der Waals surface area (Å²) in [5.41, 5.74) is 1.13. The van der Waals surface area contributed by atoms with Crippen LogP contribution in [0.25, 0.3) is 6.08 Å². The van der Waals surface area contributed by atoms with Crippen molar-refractivity contribution in [1.82, 2.24) is 4.90 Å². The van der Waals surface area contributed by atoms with Gasteiger partial charge in [-0.3, -0.25) is 14.5 Å². The normalized spacial score (nSPS) is 19.0. The van der Waals surface area contributed by atoms with E-state index in [1.54, 1.807) is 6.92 Å². The number of allylic oxidation sites excluding steroid dienone is 1. The fourth-order valence-corrected chi connectivity index (χ4v) is 3.25. The topological polar surface area (TPSA) is 55.8 Å². The van der Waals surface area contributed by atoms with Crippen LogP contribution in [0.2, 0.25) is 0 Å². The van der Waals surface area contributed by atoms with Crippen molar-refractivity contribution in [2.75, 3.05) is 20.3 Å². The Kier molecular flexibility index (Phi) is 7.67. The van der Waals surface area contributed by atoms with E-state index in [2.05, 4.69) is 6.08 Å². The second-order valence-corrected chi connectivity index (χ2v) is 6.08. The Bertz CT molecular complexity index is 585. The fourth-order valence-electron chi connectivity index (χ4n) is 3.25. The molecule has 2 unspecified atom stereocenters. The van der Waals surface area contributed by atoms with Crippen molar-refractivity contribution >= 4 is 18.0 Å². The number of ether oxygens (including phenoxy) is 2. The lowest BCUT2D eigenvalue weighted by molar-refractivity contribution is -0.154. The van der Waals surface area contributed by atoms with Gasteiger partial charge in [-0.15, -0.1) is 0 Å². The Morgan fingerprint density at radius 1 is 1.32 bits per heavy atom. The van der Waals surface area contributed by atoms with Crippen molar-refractivity contribution < 1.29 is 19.1 Å². The van der Waals surface area contributed by atoms with Gasteiger partial charge in [-0.2, -0.15) is 0 Å². The van der Waals surface area contributed by atoms with Gasteiger partial charge in [0, 0.05) is 0 Å². The van der Waals surface area contributed by atoms with Crippen LogP contribution in [0.15, 0.2) is 36.4 Å². The number of esters is 2. The lowest BCUT2D eigenvalue weighted by Crippen LogP contribution is -2.48. The van der Waals surface area contributed by atoms with Gasteiger partial charge in [0.05, 0.1) is 13.7 Å². The number of benzene rings is 1. The highest BCUT2D eigenvalue weighted by molar-refractivity contribution is 5.80. The van der Waals surface area contributed by atoms with Gasteiger partial charge >= 0.3 is 11.9 Å². The van der Waals surface area contributed by atoms with Crippen molar-refractivity contribution in [2.45, 2.75) is 44.7 Å². The molecule has 5 nitrogen and oxygen atoms in total. The Hall–Kier alpha value is -2.14. The van der Waals surface area contributed by atoms with Crippen LogP contribution in [0.4, 0.5) is 0 Å². The van der Waals surface area contributed by atoms with E-state index in [0.29, 0.717) is 19.6 Å². The minimum Gasteiger partial charge on any atom is -0.468 e. The van der Waals surface area contributed by atoms with Gasteiger partial charge in [0.25, 0.3) is 0 Å². The molecule has 1 heterocycles. The predicted octanol–water partition coefficient (Wildman–Crippen LogP) is 3.05. The minimum atomic E-state index is -0.410. The van der Waals surface area contributed by atoms with Gasteiger partial charge in [-0.25, -0.2) is 0 Å². The molecule has 1 fully saturated rings. The van der Waals surface area contributed by atoms with E-state index >= 15 is 0 Å². The number of hydrogen-bond donors (Lipinski definition) is 0. The van der Waals surface area contributed by atoms with E-state index in [1.807, 2.05) is 41.3 Å². The number of rotatable bonds is 8. The molecule has 1 aliphatic heterocycles. The lowest BCUT2D eigenvalue weighted by atomic mass is 10.1. The van der Waals surface area contributed by atoms with Crippen molar-refractivity contribution in [3.05, 3.63) is 42.0 Å². The molecule has 0 spiro atoms. The second kappa shape index (κ2) is 9.99. The Balaban J connectivity index is 2.01. The SMILES string of the molecule is CCOC(=O)C(CC/C=C/c1ccccc1)N1CCCC1C(=O)OC. The molecule has 25 heavy (non-hydrogen) atoms. The summed E-state index contributed by atoms with van der Waals surface area (Å²) in [5, 5.41) is 0. The predicted molar refractivity (Wildman–Crippen MR) is 96.9 cm³/mol. The maximum absolute atomic E-state index is 12.4. The summed E-state index contributed by atoms with van der Waals surface area (Å²) in [6.07, 6.45) is 7.07. The Morgan fingerprint density at radius 3 is 2.76 bits per heavy atom. The number of likely N-dealkylation sites (tertiary alicyclic amines) is 1. The van der Waals surface area contributed by atoms with Gasteiger partial charge < -0.3 is 9.47 Å². The first-order chi connectivity index (χ1) is 12.2. The zero-order valence-corrected chi connectivity index (χ0v) is 15.0. The molecule has 0 radical (unpaired) electrons. The van der Waals surface area contributed by atoms with Crippen LogP contribution < -0.4 is 0 Å². The van der Waals surface area contributed by atoms with E-state index < -0.39 is 6.04 Å². The molecule has 1 aliphatic rings. The third kappa shape index (κ3) is 5.43. The maximum atomic E-state index is 12.4. The average molecular weight is 345 g/mol. The quantitative estimate of drug-likeness (QED) is 0.678. The summed E-state index contributed by atoms with van der Waals surface area (Å²) in [4.78, 5) is 26.3. The van der Waals surface area contributed by atoms with Crippen molar-refractivity contribution in [3.63, 3.8) is 0 Å². The van der Waals surface area contributed by atoms with E-state index in [-0.39, 0.29) is 18.0 Å². The molecule has 136 valence electrons. The van der Waals surface area contributed by atoms with Crippen molar-refractivity contribution in [3.8, 4) is 0 Å². The largest absolute Gasteiger partial charge is 0.468 e. The summed E-state index contributed by atoms with van der Waals surface area (Å²) in [5.74, 6) is -0.530. The van der Waals surface area contributed by atoms with Gasteiger partial charge in [-0.1, -0.05) is 42.5 Å². The van der Waals surface area contributed by atoms with Crippen LogP contribution in [0, 0.1) is 0 Å². The summed E-state index contributed by atoms with van der Waals surface area (Å²) >= 11 is 0. The number of methoxy groups -OCH3 is 1. The molecule has 1 aromatic carbocycles. The first-order valence-electron chi connectivity index (χ1n) is 8.89. The van der Waals surface area contributed by atoms with Gasteiger partial charge in [0.1, 0.15) is 12.1 Å². The van der Waals surface area contributed by atoms with Crippen molar-refractivity contribution in [1.29, 1.82) is 0 Å². The van der Waals surface area contributed by atoms with Crippen LogP contribution in [-0.4, -0.2) is 49.2 Å². The van der Waals surface area contributed by atoms with Gasteiger partial charge in [0.15, 0.2) is 0 Å². The number of hydrogen-bond acceptors (Lipinski definition) is 5. The Morgan fingerprint density at radius 2 is 2.08 bits per heavy atom. The maximum Gasteiger partial charge on any atom is 0.323 e. The van der Waals surface area contributed by atoms with Crippen LogP contribution >= 0.6 is 0 Å². The monoisotopic (exact) mass is 345 g/mol. The lowest BCUT2D eigenvalue weighted by Gasteiger charge is -2.29. The van der Waals surface area contributed by atoms with Crippen LogP contribution in [0.1, 0.15) is 38.2 Å². The molecular formula is C20H27NO4. The summed E-state index contributed by atoms with van der Waals surface area (Å²) in [7, 11) is 1.39. The molecule has 0 aromatic heterocycles. The average Bonchev–Trinajstić information content (AvgIpc) is 3.11. The molecule has 1 aromatic rings. The zero-order valence-electron chi connectivity index (χ0n) is 15.0. The van der Waals surface area contributed by atoms with E-state index in [4.69, 9.17) is 9.47 Å². The highest BCUT2D eigenvalue weighted by atomic mass is 16.5. The minimum absolute atomic E-state index is 0.258. The number of nitrogens with zero attached hydrogens (tertiary/aromatic N) is 1. The molecule has 0 bridgehead atoms. The smallest absolute Gasteiger partial charge is 0.323 e. The summed E-state index contributed by atoms with van der Waals surface area (Å²) in [6, 6.07) is 9.28. The van der Waals surface area contributed by atoms with E-state index in [9.17, 15) is 9.59 Å². The zero-order chi connectivity index (χ0) is 18.1. The third-order valence-electron chi connectivity index (χ3n) is 4.44. The second-order valence-electron chi connectivity index (χ2n) is 6.08. The number of carbonyl (C=O) groups excluding carboxylic acids is 2. The third-order valence-corrected chi connectivity index (χ3v) is 4.44. The van der Waals surface area contributed by atoms with E-state index in [1.165, 1.54) is 7.11 Å². The first-order valence-corrected chi connectivity index (χ1v) is 8.89. The highest BCUT2D eigenvalue weighted by Gasteiger charge is 2.39.